The molecule has 6 heteroatoms. The summed E-state index contributed by atoms with van der Waals surface area (Å²) in [6.45, 7) is 16.5. The number of carbonyl (C=O) groups excluding carboxylic acids is 2. The summed E-state index contributed by atoms with van der Waals surface area (Å²) in [5.74, 6) is -0.189. The van der Waals surface area contributed by atoms with Crippen molar-refractivity contribution in [1.82, 2.24) is 0 Å². The Morgan fingerprint density at radius 3 is 1.33 bits per heavy atom. The molecule has 0 aromatic carbocycles. The fourth-order valence-corrected chi connectivity index (χ4v) is 2.17. The smallest absolute Gasteiger partial charge is 0.321 e. The van der Waals surface area contributed by atoms with Crippen LogP contribution in [0.15, 0.2) is 0 Å². The summed E-state index contributed by atoms with van der Waals surface area (Å²) in [5, 5.41) is -0.137. The minimum atomic E-state index is -0.501. The predicted octanol–water partition coefficient (Wildman–Crippen LogP) is 3.41. The lowest BCUT2D eigenvalue weighted by Gasteiger charge is -2.27. The average molecular weight is 329 g/mol. The van der Waals surface area contributed by atoms with Crippen LogP contribution >= 0.6 is 0 Å². The summed E-state index contributed by atoms with van der Waals surface area (Å²) < 4.78 is 10.4. The second-order valence-corrected chi connectivity index (χ2v) is 10.5. The normalized spacial score (nSPS) is 12.7. The van der Waals surface area contributed by atoms with Crippen molar-refractivity contribution >= 4 is 31.5 Å². The highest BCUT2D eigenvalue weighted by atomic mass is 28.2. The maximum atomic E-state index is 11.7. The number of hydrogen-bond donors (Lipinski definition) is 0. The molecule has 0 aromatic heterocycles. The SMILES string of the molecule is CC(C)C(C)(C)[Si]OC(=O)CC(=O)O[Si]C(C)(C)C(C)C. The van der Waals surface area contributed by atoms with E-state index in [0.717, 1.165) is 0 Å². The molecule has 0 heterocycles. The lowest BCUT2D eigenvalue weighted by atomic mass is 9.99. The first-order chi connectivity index (χ1) is 9.38. The van der Waals surface area contributed by atoms with Crippen LogP contribution in [0, 0.1) is 11.8 Å². The van der Waals surface area contributed by atoms with E-state index in [1.54, 1.807) is 0 Å². The molecule has 0 fully saturated rings. The van der Waals surface area contributed by atoms with Crippen LogP contribution in [0.4, 0.5) is 0 Å². The second-order valence-electron chi connectivity index (χ2n) is 7.08. The van der Waals surface area contributed by atoms with Crippen molar-refractivity contribution in [3.05, 3.63) is 0 Å². The molecule has 0 aliphatic rings. The molecule has 0 aliphatic carbocycles. The first-order valence-corrected chi connectivity index (χ1v) is 9.14. The summed E-state index contributed by atoms with van der Waals surface area (Å²) in [4.78, 5) is 23.3. The van der Waals surface area contributed by atoms with E-state index in [0.29, 0.717) is 11.8 Å². The molecule has 0 atom stereocenters. The van der Waals surface area contributed by atoms with Gasteiger partial charge in [-0.25, -0.2) is 0 Å². The van der Waals surface area contributed by atoms with E-state index in [1.165, 1.54) is 0 Å². The first kappa shape index (κ1) is 20.4. The Bertz CT molecular complexity index is 329. The third-order valence-corrected chi connectivity index (χ3v) is 6.90. The molecular weight excluding hydrogens is 300 g/mol. The van der Waals surface area contributed by atoms with Crippen LogP contribution in [0.25, 0.3) is 0 Å². The minimum Gasteiger partial charge on any atom is -0.515 e. The zero-order chi connectivity index (χ0) is 16.8. The van der Waals surface area contributed by atoms with Gasteiger partial charge in [-0.15, -0.1) is 0 Å². The average Bonchev–Trinajstić information content (AvgIpc) is 2.34. The van der Waals surface area contributed by atoms with Crippen molar-refractivity contribution in [2.75, 3.05) is 0 Å². The fraction of sp³-hybridized carbons (Fsp3) is 0.867. The topological polar surface area (TPSA) is 52.6 Å². The highest BCUT2D eigenvalue weighted by molar-refractivity contribution is 6.36. The van der Waals surface area contributed by atoms with E-state index in [-0.39, 0.29) is 36.0 Å². The number of carbonyl (C=O) groups is 2. The van der Waals surface area contributed by atoms with Gasteiger partial charge in [0.15, 0.2) is 0 Å². The Balaban J connectivity index is 4.15. The van der Waals surface area contributed by atoms with Gasteiger partial charge in [-0.05, 0) is 21.9 Å². The molecule has 0 aromatic rings. The van der Waals surface area contributed by atoms with Gasteiger partial charge in [0.05, 0.1) is 0 Å². The fourth-order valence-electron chi connectivity index (χ4n) is 0.803. The summed E-state index contributed by atoms with van der Waals surface area (Å²) in [7, 11) is 0.102. The number of hydrogen-bond acceptors (Lipinski definition) is 4. The van der Waals surface area contributed by atoms with Gasteiger partial charge < -0.3 is 8.85 Å². The Hall–Kier alpha value is -0.626. The van der Waals surface area contributed by atoms with Crippen LogP contribution in [0.1, 0.15) is 61.8 Å². The van der Waals surface area contributed by atoms with Crippen molar-refractivity contribution < 1.29 is 18.4 Å². The molecule has 0 spiro atoms. The Morgan fingerprint density at radius 2 is 1.10 bits per heavy atom. The Kier molecular flexibility index (Phi) is 7.88. The lowest BCUT2D eigenvalue weighted by Crippen LogP contribution is -2.28. The van der Waals surface area contributed by atoms with Gasteiger partial charge in [0.25, 0.3) is 0 Å². The zero-order valence-electron chi connectivity index (χ0n) is 14.5. The zero-order valence-corrected chi connectivity index (χ0v) is 16.5. The van der Waals surface area contributed by atoms with Crippen LogP contribution in [-0.2, 0) is 18.4 Å². The van der Waals surface area contributed by atoms with Crippen LogP contribution in [0.2, 0.25) is 10.1 Å². The summed E-state index contributed by atoms with van der Waals surface area (Å²) in [6.07, 6.45) is -0.303. The van der Waals surface area contributed by atoms with Crippen molar-refractivity contribution in [2.24, 2.45) is 11.8 Å². The minimum absolute atomic E-state index is 0.0512. The summed E-state index contributed by atoms with van der Waals surface area (Å²) in [6, 6.07) is 0. The molecule has 4 radical (unpaired) electrons. The molecule has 0 unspecified atom stereocenters. The van der Waals surface area contributed by atoms with Crippen molar-refractivity contribution in [3.63, 3.8) is 0 Å². The van der Waals surface area contributed by atoms with E-state index < -0.39 is 11.9 Å². The third-order valence-electron chi connectivity index (χ3n) is 4.03. The Morgan fingerprint density at radius 1 is 0.810 bits per heavy atom. The summed E-state index contributed by atoms with van der Waals surface area (Å²) in [5.41, 5.74) is 0. The van der Waals surface area contributed by atoms with Gasteiger partial charge in [0.1, 0.15) is 6.42 Å². The van der Waals surface area contributed by atoms with Gasteiger partial charge in [0, 0.05) is 0 Å². The van der Waals surface area contributed by atoms with Crippen molar-refractivity contribution in [3.8, 4) is 0 Å². The van der Waals surface area contributed by atoms with E-state index in [4.69, 9.17) is 8.85 Å². The maximum Gasteiger partial charge on any atom is 0.321 e. The maximum absolute atomic E-state index is 11.7. The second kappa shape index (κ2) is 8.12. The molecule has 0 aliphatic heterocycles. The van der Waals surface area contributed by atoms with Crippen molar-refractivity contribution in [2.45, 2.75) is 71.9 Å². The van der Waals surface area contributed by atoms with Crippen LogP contribution in [-0.4, -0.2) is 31.5 Å². The van der Waals surface area contributed by atoms with Gasteiger partial charge in [-0.3, -0.25) is 9.59 Å². The van der Waals surface area contributed by atoms with Crippen molar-refractivity contribution in [1.29, 1.82) is 0 Å². The highest BCUT2D eigenvalue weighted by Crippen LogP contribution is 2.33. The first-order valence-electron chi connectivity index (χ1n) is 7.32. The molecule has 0 saturated heterocycles. The van der Waals surface area contributed by atoms with E-state index in [9.17, 15) is 9.59 Å². The van der Waals surface area contributed by atoms with Crippen LogP contribution in [0.5, 0.6) is 0 Å². The molecule has 0 amide bonds. The molecule has 0 bridgehead atoms. The van der Waals surface area contributed by atoms with E-state index in [2.05, 4.69) is 27.7 Å². The standard InChI is InChI=1S/C15H28O4Si2/c1-10(2)14(5,6)20-18-12(16)9-13(17)19-21-15(7,8)11(3)4/h10-11H,9H2,1-8H3. The number of rotatable bonds is 8. The molecule has 120 valence electrons. The molecule has 0 saturated carbocycles. The predicted molar refractivity (Wildman–Crippen MR) is 86.1 cm³/mol. The third kappa shape index (κ3) is 7.80. The molecule has 21 heavy (non-hydrogen) atoms. The summed E-state index contributed by atoms with van der Waals surface area (Å²) >= 11 is 0. The van der Waals surface area contributed by atoms with Gasteiger partial charge in [-0.2, -0.15) is 0 Å². The highest BCUT2D eigenvalue weighted by Gasteiger charge is 2.29. The molecule has 4 nitrogen and oxygen atoms in total. The monoisotopic (exact) mass is 328 g/mol. The van der Waals surface area contributed by atoms with E-state index in [1.807, 2.05) is 27.7 Å². The molecular formula is C15H28O4Si2. The van der Waals surface area contributed by atoms with Gasteiger partial charge >= 0.3 is 31.5 Å². The molecule has 0 N–H and O–H groups in total. The van der Waals surface area contributed by atoms with E-state index >= 15 is 0 Å². The van der Waals surface area contributed by atoms with Gasteiger partial charge in [0.2, 0.25) is 0 Å². The Labute approximate surface area is 134 Å². The van der Waals surface area contributed by atoms with Crippen LogP contribution < -0.4 is 0 Å². The largest absolute Gasteiger partial charge is 0.515 e. The van der Waals surface area contributed by atoms with Crippen LogP contribution in [0.3, 0.4) is 0 Å². The van der Waals surface area contributed by atoms with Gasteiger partial charge in [-0.1, -0.05) is 55.4 Å². The molecule has 0 rings (SSSR count). The lowest BCUT2D eigenvalue weighted by molar-refractivity contribution is -0.144. The quantitative estimate of drug-likeness (QED) is 0.506.